The van der Waals surface area contributed by atoms with Crippen molar-refractivity contribution in [2.24, 2.45) is 0 Å². The number of ether oxygens (including phenoxy) is 1. The van der Waals surface area contributed by atoms with Crippen LogP contribution in [0.25, 0.3) is 0 Å². The molecule has 2 nitrogen and oxygen atoms in total. The maximum atomic E-state index is 6.89. The molecule has 23 heavy (non-hydrogen) atoms. The van der Waals surface area contributed by atoms with E-state index in [1.54, 1.807) is 0 Å². The lowest BCUT2D eigenvalue weighted by atomic mass is 9.86. The largest absolute Gasteiger partial charge is 0.543 e. The molecule has 0 amide bonds. The molecule has 0 unspecified atom stereocenters. The Hall–Kier alpha value is -0.483. The third-order valence-electron chi connectivity index (χ3n) is 4.77. The molecule has 1 aromatic rings. The summed E-state index contributed by atoms with van der Waals surface area (Å²) in [6, 6.07) is 7.99. The summed E-state index contributed by atoms with van der Waals surface area (Å²) in [4.78, 5) is 0. The second kappa shape index (κ2) is 7.60. The number of halogens is 1. The van der Waals surface area contributed by atoms with Gasteiger partial charge in [0.2, 0.25) is 0 Å². The number of fused-ring (bicyclic) bond motifs is 1. The SMILES string of the molecule is CCC[Si](CCC)(CCC)Oc1ccc(Br)c2c1C(C)(C)CO2. The second-order valence-corrected chi connectivity index (χ2v) is 12.4. The molecule has 0 radical (unpaired) electrons. The molecule has 1 aliphatic rings. The van der Waals surface area contributed by atoms with Gasteiger partial charge < -0.3 is 9.16 Å². The van der Waals surface area contributed by atoms with Crippen molar-refractivity contribution in [2.75, 3.05) is 6.61 Å². The van der Waals surface area contributed by atoms with Crippen LogP contribution in [0.2, 0.25) is 18.1 Å². The van der Waals surface area contributed by atoms with Crippen molar-refractivity contribution in [1.29, 1.82) is 0 Å². The second-order valence-electron chi connectivity index (χ2n) is 7.46. The normalized spacial score (nSPS) is 16.1. The molecule has 1 aliphatic heterocycles. The van der Waals surface area contributed by atoms with Gasteiger partial charge in [-0.15, -0.1) is 0 Å². The molecule has 0 atom stereocenters. The fraction of sp³-hybridized carbons (Fsp3) is 0.684. The molecule has 0 saturated carbocycles. The Morgan fingerprint density at radius 2 is 1.65 bits per heavy atom. The molecular formula is C19H31BrO2Si. The van der Waals surface area contributed by atoms with Gasteiger partial charge in [0.1, 0.15) is 11.5 Å². The number of rotatable bonds is 8. The zero-order chi connectivity index (χ0) is 17.1. The Kier molecular flexibility index (Phi) is 6.23. The quantitative estimate of drug-likeness (QED) is 0.454. The van der Waals surface area contributed by atoms with E-state index >= 15 is 0 Å². The Morgan fingerprint density at radius 3 is 2.17 bits per heavy atom. The van der Waals surface area contributed by atoms with Gasteiger partial charge in [-0.1, -0.05) is 53.9 Å². The van der Waals surface area contributed by atoms with Crippen LogP contribution in [-0.4, -0.2) is 14.9 Å². The standard InChI is InChI=1S/C19H31BrO2Si/c1-6-11-23(12-7-2,13-8-3)22-16-10-9-15(20)18-17(16)19(4,5)14-21-18/h9-10H,6-8,11-14H2,1-5H3. The lowest BCUT2D eigenvalue weighted by Gasteiger charge is -2.34. The first-order valence-electron chi connectivity index (χ1n) is 9.04. The summed E-state index contributed by atoms with van der Waals surface area (Å²) in [5.41, 5.74) is 1.27. The first-order valence-corrected chi connectivity index (χ1v) is 12.4. The highest BCUT2D eigenvalue weighted by molar-refractivity contribution is 9.10. The molecule has 0 aromatic heterocycles. The smallest absolute Gasteiger partial charge is 0.251 e. The van der Waals surface area contributed by atoms with Crippen molar-refractivity contribution < 1.29 is 9.16 Å². The summed E-state index contributed by atoms with van der Waals surface area (Å²) in [6.45, 7) is 12.1. The van der Waals surface area contributed by atoms with E-state index < -0.39 is 8.32 Å². The van der Waals surface area contributed by atoms with Crippen molar-refractivity contribution in [1.82, 2.24) is 0 Å². The third kappa shape index (κ3) is 3.96. The minimum absolute atomic E-state index is 0.0131. The van der Waals surface area contributed by atoms with Gasteiger partial charge in [0.05, 0.1) is 11.1 Å². The molecule has 0 fully saturated rings. The van der Waals surface area contributed by atoms with Crippen LogP contribution in [0.1, 0.15) is 59.4 Å². The molecule has 0 saturated heterocycles. The van der Waals surface area contributed by atoms with Crippen LogP contribution in [0.4, 0.5) is 0 Å². The minimum atomic E-state index is -1.73. The highest BCUT2D eigenvalue weighted by Gasteiger charge is 2.40. The predicted octanol–water partition coefficient (Wildman–Crippen LogP) is 6.67. The molecule has 4 heteroatoms. The maximum absolute atomic E-state index is 6.89. The van der Waals surface area contributed by atoms with Gasteiger partial charge in [-0.05, 0) is 46.2 Å². The van der Waals surface area contributed by atoms with E-state index in [9.17, 15) is 0 Å². The molecule has 1 aromatic carbocycles. The van der Waals surface area contributed by atoms with E-state index in [0.29, 0.717) is 0 Å². The van der Waals surface area contributed by atoms with E-state index in [4.69, 9.17) is 9.16 Å². The van der Waals surface area contributed by atoms with Crippen LogP contribution in [0.5, 0.6) is 11.5 Å². The Labute approximate surface area is 151 Å². The van der Waals surface area contributed by atoms with Crippen molar-refractivity contribution in [2.45, 2.75) is 77.4 Å². The molecule has 0 aliphatic carbocycles. The summed E-state index contributed by atoms with van der Waals surface area (Å²) in [5, 5.41) is 0. The van der Waals surface area contributed by atoms with E-state index in [1.807, 2.05) is 0 Å². The van der Waals surface area contributed by atoms with Gasteiger partial charge in [-0.25, -0.2) is 0 Å². The van der Waals surface area contributed by atoms with Crippen LogP contribution in [0, 0.1) is 0 Å². The molecule has 0 spiro atoms. The third-order valence-corrected chi connectivity index (χ3v) is 10.3. The van der Waals surface area contributed by atoms with Crippen LogP contribution in [-0.2, 0) is 5.41 Å². The summed E-state index contributed by atoms with van der Waals surface area (Å²) in [7, 11) is -1.73. The molecule has 1 heterocycles. The lowest BCUT2D eigenvalue weighted by Crippen LogP contribution is -2.41. The van der Waals surface area contributed by atoms with Crippen molar-refractivity contribution >= 4 is 24.2 Å². The van der Waals surface area contributed by atoms with Crippen molar-refractivity contribution in [3.05, 3.63) is 22.2 Å². The molecule has 130 valence electrons. The first-order chi connectivity index (χ1) is 10.9. The lowest BCUT2D eigenvalue weighted by molar-refractivity contribution is 0.289. The summed E-state index contributed by atoms with van der Waals surface area (Å²) in [6.07, 6.45) is 3.64. The van der Waals surface area contributed by atoms with Crippen molar-refractivity contribution in [3.63, 3.8) is 0 Å². The van der Waals surface area contributed by atoms with Gasteiger partial charge in [-0.2, -0.15) is 0 Å². The van der Waals surface area contributed by atoms with E-state index in [1.165, 1.54) is 43.0 Å². The molecular weight excluding hydrogens is 368 g/mol. The zero-order valence-electron chi connectivity index (χ0n) is 15.3. The van der Waals surface area contributed by atoms with Gasteiger partial charge >= 0.3 is 0 Å². The fourth-order valence-corrected chi connectivity index (χ4v) is 8.73. The van der Waals surface area contributed by atoms with Crippen LogP contribution < -0.4 is 9.16 Å². The molecule has 0 N–H and O–H groups in total. The van der Waals surface area contributed by atoms with Gasteiger partial charge in [0.25, 0.3) is 8.32 Å². The topological polar surface area (TPSA) is 18.5 Å². The molecule has 0 bridgehead atoms. The van der Waals surface area contributed by atoms with Crippen LogP contribution in [0.3, 0.4) is 0 Å². The number of hydrogen-bond donors (Lipinski definition) is 0. The molecule has 2 rings (SSSR count). The Balaban J connectivity index is 2.43. The van der Waals surface area contributed by atoms with Gasteiger partial charge in [-0.3, -0.25) is 0 Å². The van der Waals surface area contributed by atoms with E-state index in [2.05, 4.69) is 62.7 Å². The summed E-state index contributed by atoms with van der Waals surface area (Å²) in [5.74, 6) is 2.06. The first kappa shape index (κ1) is 18.8. The fourth-order valence-electron chi connectivity index (χ4n) is 3.86. The summed E-state index contributed by atoms with van der Waals surface area (Å²) >= 11 is 3.64. The van der Waals surface area contributed by atoms with Gasteiger partial charge in [0, 0.05) is 11.0 Å². The monoisotopic (exact) mass is 398 g/mol. The zero-order valence-corrected chi connectivity index (χ0v) is 17.9. The van der Waals surface area contributed by atoms with E-state index in [-0.39, 0.29) is 5.41 Å². The number of benzene rings is 1. The average Bonchev–Trinajstić information content (AvgIpc) is 2.80. The highest BCUT2D eigenvalue weighted by atomic mass is 79.9. The van der Waals surface area contributed by atoms with E-state index in [0.717, 1.165) is 22.6 Å². The van der Waals surface area contributed by atoms with Gasteiger partial charge in [0.15, 0.2) is 0 Å². The predicted molar refractivity (Wildman–Crippen MR) is 104 cm³/mol. The Bertz CT molecular complexity index is 525. The average molecular weight is 399 g/mol. The minimum Gasteiger partial charge on any atom is -0.543 e. The highest BCUT2D eigenvalue weighted by Crippen LogP contribution is 2.49. The number of hydrogen-bond acceptors (Lipinski definition) is 2. The maximum Gasteiger partial charge on any atom is 0.251 e. The van der Waals surface area contributed by atoms with Crippen LogP contribution >= 0.6 is 15.9 Å². The summed E-state index contributed by atoms with van der Waals surface area (Å²) < 4.78 is 13.9. The van der Waals surface area contributed by atoms with Crippen molar-refractivity contribution in [3.8, 4) is 11.5 Å². The Morgan fingerprint density at radius 1 is 1.09 bits per heavy atom. The van der Waals surface area contributed by atoms with Crippen LogP contribution in [0.15, 0.2) is 16.6 Å².